The standard InChI is InChI=1S/C54H49N3/c1-53(2,3)43-27-31-45(32-28-43)57(46-33-29-44(30-34-46)54(4,5)6)51-47(38-19-11-7-12-20-38)35-42(36-48(51)39-21-13-8-14-22-39)52-55-49(40-23-15-9-16-24-40)37-50(56-52)41-25-17-10-18-26-41/h7-37H,1-6H3. The van der Waals surface area contributed by atoms with Gasteiger partial charge in [-0.2, -0.15) is 0 Å². The summed E-state index contributed by atoms with van der Waals surface area (Å²) in [7, 11) is 0. The molecule has 0 atom stereocenters. The van der Waals surface area contributed by atoms with Gasteiger partial charge in [-0.05, 0) is 75.5 Å². The fourth-order valence-corrected chi connectivity index (χ4v) is 7.40. The van der Waals surface area contributed by atoms with Gasteiger partial charge in [0.15, 0.2) is 5.82 Å². The Morgan fingerprint density at radius 3 is 1.02 bits per heavy atom. The van der Waals surface area contributed by atoms with E-state index in [1.54, 1.807) is 0 Å². The quantitative estimate of drug-likeness (QED) is 0.155. The first-order chi connectivity index (χ1) is 27.5. The first kappa shape index (κ1) is 37.3. The van der Waals surface area contributed by atoms with Crippen LogP contribution in [0.5, 0.6) is 0 Å². The van der Waals surface area contributed by atoms with Crippen molar-refractivity contribution in [3.63, 3.8) is 0 Å². The second-order valence-electron chi connectivity index (χ2n) is 16.8. The van der Waals surface area contributed by atoms with E-state index in [0.717, 1.165) is 67.4 Å². The number of rotatable bonds is 8. The fourth-order valence-electron chi connectivity index (χ4n) is 7.40. The van der Waals surface area contributed by atoms with Crippen LogP contribution in [0.1, 0.15) is 52.7 Å². The van der Waals surface area contributed by atoms with Crippen molar-refractivity contribution in [3.05, 3.63) is 199 Å². The largest absolute Gasteiger partial charge is 0.309 e. The van der Waals surface area contributed by atoms with Crippen molar-refractivity contribution in [2.45, 2.75) is 52.4 Å². The molecule has 8 rings (SSSR count). The highest BCUT2D eigenvalue weighted by Gasteiger charge is 2.26. The van der Waals surface area contributed by atoms with E-state index < -0.39 is 0 Å². The van der Waals surface area contributed by atoms with Gasteiger partial charge in [-0.3, -0.25) is 0 Å². The van der Waals surface area contributed by atoms with Crippen LogP contribution >= 0.6 is 0 Å². The third kappa shape index (κ3) is 8.06. The van der Waals surface area contributed by atoms with Gasteiger partial charge in [-0.15, -0.1) is 0 Å². The Hall–Kier alpha value is -6.58. The first-order valence-corrected chi connectivity index (χ1v) is 19.8. The van der Waals surface area contributed by atoms with Crippen LogP contribution in [0.3, 0.4) is 0 Å². The highest BCUT2D eigenvalue weighted by molar-refractivity contribution is 6.00. The van der Waals surface area contributed by atoms with Crippen molar-refractivity contribution in [2.24, 2.45) is 0 Å². The topological polar surface area (TPSA) is 29.0 Å². The summed E-state index contributed by atoms with van der Waals surface area (Å²) in [5.41, 5.74) is 15.1. The summed E-state index contributed by atoms with van der Waals surface area (Å²) < 4.78 is 0. The lowest BCUT2D eigenvalue weighted by Gasteiger charge is -2.32. The molecule has 8 aromatic rings. The normalized spacial score (nSPS) is 11.7. The Kier molecular flexibility index (Phi) is 10.2. The van der Waals surface area contributed by atoms with Crippen LogP contribution < -0.4 is 4.90 Å². The average Bonchev–Trinajstić information content (AvgIpc) is 3.24. The number of hydrogen-bond donors (Lipinski definition) is 0. The smallest absolute Gasteiger partial charge is 0.160 e. The lowest BCUT2D eigenvalue weighted by molar-refractivity contribution is 0.590. The summed E-state index contributed by atoms with van der Waals surface area (Å²) in [6.07, 6.45) is 0. The summed E-state index contributed by atoms with van der Waals surface area (Å²) in [5.74, 6) is 0.673. The van der Waals surface area contributed by atoms with Gasteiger partial charge in [0, 0.05) is 39.2 Å². The molecule has 0 aliphatic carbocycles. The van der Waals surface area contributed by atoms with Gasteiger partial charge in [-0.25, -0.2) is 9.97 Å². The van der Waals surface area contributed by atoms with Gasteiger partial charge in [0.2, 0.25) is 0 Å². The molecule has 0 spiro atoms. The summed E-state index contributed by atoms with van der Waals surface area (Å²) in [4.78, 5) is 13.0. The molecular weight excluding hydrogens is 691 g/mol. The van der Waals surface area contributed by atoms with Crippen molar-refractivity contribution >= 4 is 17.1 Å². The number of benzene rings is 7. The lowest BCUT2D eigenvalue weighted by atomic mass is 9.86. The molecule has 0 N–H and O–H groups in total. The maximum Gasteiger partial charge on any atom is 0.160 e. The van der Waals surface area contributed by atoms with Crippen LogP contribution in [-0.2, 0) is 10.8 Å². The van der Waals surface area contributed by atoms with Crippen LogP contribution in [-0.4, -0.2) is 9.97 Å². The molecule has 3 nitrogen and oxygen atoms in total. The summed E-state index contributed by atoms with van der Waals surface area (Å²) in [5, 5.41) is 0. The van der Waals surface area contributed by atoms with Gasteiger partial charge in [0.1, 0.15) is 0 Å². The van der Waals surface area contributed by atoms with E-state index in [1.165, 1.54) is 11.1 Å². The molecule has 1 aromatic heterocycles. The van der Waals surface area contributed by atoms with Gasteiger partial charge >= 0.3 is 0 Å². The summed E-state index contributed by atoms with van der Waals surface area (Å²) >= 11 is 0. The van der Waals surface area contributed by atoms with Gasteiger partial charge in [0.05, 0.1) is 17.1 Å². The molecule has 0 saturated heterocycles. The Balaban J connectivity index is 1.45. The molecule has 0 saturated carbocycles. The van der Waals surface area contributed by atoms with Crippen LogP contribution in [0.25, 0.3) is 56.2 Å². The second kappa shape index (κ2) is 15.5. The molecule has 0 bridgehead atoms. The third-order valence-corrected chi connectivity index (χ3v) is 10.6. The Bertz CT molecular complexity index is 2410. The van der Waals surface area contributed by atoms with E-state index >= 15 is 0 Å². The Morgan fingerprint density at radius 1 is 0.351 bits per heavy atom. The summed E-state index contributed by atoms with van der Waals surface area (Å²) in [6, 6.07) is 67.1. The summed E-state index contributed by atoms with van der Waals surface area (Å²) in [6.45, 7) is 13.6. The van der Waals surface area contributed by atoms with Crippen molar-refractivity contribution in [3.8, 4) is 56.2 Å². The van der Waals surface area contributed by atoms with Gasteiger partial charge in [0.25, 0.3) is 0 Å². The zero-order valence-electron chi connectivity index (χ0n) is 33.7. The predicted octanol–water partition coefficient (Wildman–Crippen LogP) is 14.9. The zero-order valence-corrected chi connectivity index (χ0v) is 33.7. The van der Waals surface area contributed by atoms with Crippen LogP contribution in [0.4, 0.5) is 17.1 Å². The molecule has 0 aliphatic heterocycles. The molecule has 1 heterocycles. The monoisotopic (exact) mass is 739 g/mol. The molecule has 0 radical (unpaired) electrons. The van der Waals surface area contributed by atoms with Crippen molar-refractivity contribution in [1.82, 2.24) is 9.97 Å². The number of aromatic nitrogens is 2. The van der Waals surface area contributed by atoms with Gasteiger partial charge < -0.3 is 4.90 Å². The fraction of sp³-hybridized carbons (Fsp3) is 0.148. The molecular formula is C54H49N3. The third-order valence-electron chi connectivity index (χ3n) is 10.6. The minimum atomic E-state index is 0.0245. The molecule has 0 amide bonds. The van der Waals surface area contributed by atoms with E-state index in [9.17, 15) is 0 Å². The predicted molar refractivity (Wildman–Crippen MR) is 241 cm³/mol. The highest BCUT2D eigenvalue weighted by Crippen LogP contribution is 2.49. The molecule has 0 aliphatic rings. The maximum atomic E-state index is 5.30. The van der Waals surface area contributed by atoms with E-state index in [-0.39, 0.29) is 10.8 Å². The van der Waals surface area contributed by atoms with Crippen LogP contribution in [0.2, 0.25) is 0 Å². The van der Waals surface area contributed by atoms with E-state index in [1.807, 2.05) is 12.1 Å². The molecule has 280 valence electrons. The van der Waals surface area contributed by atoms with Crippen molar-refractivity contribution in [2.75, 3.05) is 4.90 Å². The number of anilines is 3. The number of nitrogens with zero attached hydrogens (tertiary/aromatic N) is 3. The number of hydrogen-bond acceptors (Lipinski definition) is 3. The molecule has 0 fully saturated rings. The Labute approximate surface area is 338 Å². The maximum absolute atomic E-state index is 5.30. The van der Waals surface area contributed by atoms with E-state index in [4.69, 9.17) is 9.97 Å². The van der Waals surface area contributed by atoms with Crippen LogP contribution in [0.15, 0.2) is 188 Å². The van der Waals surface area contributed by atoms with Crippen molar-refractivity contribution in [1.29, 1.82) is 0 Å². The van der Waals surface area contributed by atoms with Gasteiger partial charge in [-0.1, -0.05) is 187 Å². The van der Waals surface area contributed by atoms with E-state index in [2.05, 4.69) is 222 Å². The lowest BCUT2D eigenvalue weighted by Crippen LogP contribution is -2.16. The average molecular weight is 740 g/mol. The van der Waals surface area contributed by atoms with Crippen molar-refractivity contribution < 1.29 is 0 Å². The molecule has 0 unspecified atom stereocenters. The molecule has 3 heteroatoms. The minimum absolute atomic E-state index is 0.0245. The second-order valence-corrected chi connectivity index (χ2v) is 16.8. The molecule has 7 aromatic carbocycles. The molecule has 57 heavy (non-hydrogen) atoms. The Morgan fingerprint density at radius 2 is 0.684 bits per heavy atom. The minimum Gasteiger partial charge on any atom is -0.309 e. The SMILES string of the molecule is CC(C)(C)c1ccc(N(c2ccc(C(C)(C)C)cc2)c2c(-c3ccccc3)cc(-c3nc(-c4ccccc4)cc(-c4ccccc4)n3)cc2-c2ccccc2)cc1. The zero-order chi connectivity index (χ0) is 39.6. The van der Waals surface area contributed by atoms with E-state index in [0.29, 0.717) is 5.82 Å². The van der Waals surface area contributed by atoms with Crippen LogP contribution in [0, 0.1) is 0 Å². The first-order valence-electron chi connectivity index (χ1n) is 19.8. The highest BCUT2D eigenvalue weighted by atomic mass is 15.1.